The summed E-state index contributed by atoms with van der Waals surface area (Å²) in [5.41, 5.74) is 3.19. The van der Waals surface area contributed by atoms with Gasteiger partial charge in [-0.25, -0.2) is 4.98 Å². The number of carbonyl (C=O) groups is 1. The third-order valence-electron chi connectivity index (χ3n) is 4.78. The van der Waals surface area contributed by atoms with E-state index < -0.39 is 0 Å². The summed E-state index contributed by atoms with van der Waals surface area (Å²) in [6, 6.07) is 4.01. The van der Waals surface area contributed by atoms with E-state index in [-0.39, 0.29) is 5.91 Å². The van der Waals surface area contributed by atoms with Crippen LogP contribution < -0.4 is 9.47 Å². The molecule has 1 aromatic carbocycles. The van der Waals surface area contributed by atoms with Gasteiger partial charge in [0, 0.05) is 13.1 Å². The van der Waals surface area contributed by atoms with E-state index in [1.54, 1.807) is 25.6 Å². The maximum atomic E-state index is 13.0. The molecule has 2 heterocycles. The number of aromatic nitrogens is 1. The molecule has 2 aromatic rings. The molecule has 0 unspecified atom stereocenters. The summed E-state index contributed by atoms with van der Waals surface area (Å²) >= 11 is 1.55. The van der Waals surface area contributed by atoms with Crippen LogP contribution in [-0.4, -0.2) is 36.6 Å². The number of thiazole rings is 1. The van der Waals surface area contributed by atoms with Crippen LogP contribution in [0.25, 0.3) is 0 Å². The maximum absolute atomic E-state index is 13.0. The zero-order chi connectivity index (χ0) is 18.7. The molecule has 1 amide bonds. The lowest BCUT2D eigenvalue weighted by Gasteiger charge is -2.29. The normalized spacial score (nSPS) is 13.5. The van der Waals surface area contributed by atoms with Gasteiger partial charge >= 0.3 is 0 Å². The third-order valence-corrected chi connectivity index (χ3v) is 5.99. The minimum absolute atomic E-state index is 0.0863. The van der Waals surface area contributed by atoms with Crippen molar-refractivity contribution in [3.8, 4) is 11.5 Å². The lowest BCUT2D eigenvalue weighted by molar-refractivity contribution is 0.0738. The van der Waals surface area contributed by atoms with Gasteiger partial charge in [0.15, 0.2) is 11.5 Å². The molecule has 0 aliphatic carbocycles. The van der Waals surface area contributed by atoms with E-state index in [4.69, 9.17) is 9.47 Å². The van der Waals surface area contributed by atoms with Crippen molar-refractivity contribution in [2.45, 2.75) is 46.1 Å². The number of hydrogen-bond donors (Lipinski definition) is 0. The van der Waals surface area contributed by atoms with E-state index in [0.29, 0.717) is 18.8 Å². The molecule has 26 heavy (non-hydrogen) atoms. The first-order chi connectivity index (χ1) is 12.6. The summed E-state index contributed by atoms with van der Waals surface area (Å²) in [6.07, 6.45) is 4.02. The second kappa shape index (κ2) is 8.08. The number of amides is 1. The smallest absolute Gasteiger partial charge is 0.266 e. The number of aryl methyl sites for hydroxylation is 2. The highest BCUT2D eigenvalue weighted by atomic mass is 32.1. The van der Waals surface area contributed by atoms with Gasteiger partial charge in [0.2, 0.25) is 0 Å². The van der Waals surface area contributed by atoms with Crippen LogP contribution in [0.1, 0.15) is 51.3 Å². The molecule has 0 bridgehead atoms. The molecule has 0 saturated heterocycles. The van der Waals surface area contributed by atoms with Crippen LogP contribution in [0.5, 0.6) is 11.5 Å². The van der Waals surface area contributed by atoms with Gasteiger partial charge in [-0.2, -0.15) is 0 Å². The molecule has 0 radical (unpaired) electrons. The van der Waals surface area contributed by atoms with Gasteiger partial charge in [-0.05, 0) is 49.4 Å². The summed E-state index contributed by atoms with van der Waals surface area (Å²) in [5, 5.41) is 1.07. The topological polar surface area (TPSA) is 51.7 Å². The third kappa shape index (κ3) is 3.70. The fourth-order valence-corrected chi connectivity index (χ4v) is 4.36. The van der Waals surface area contributed by atoms with Crippen molar-refractivity contribution in [1.82, 2.24) is 9.88 Å². The van der Waals surface area contributed by atoms with Crippen LogP contribution in [-0.2, 0) is 19.4 Å². The highest BCUT2D eigenvalue weighted by molar-refractivity contribution is 7.13. The standard InChI is InChI=1S/C20H26N2O3S/c1-5-6-7-18-21-13(2)19(26-18)20(23)22-9-8-14-10-16(24-3)17(25-4)11-15(14)12-22/h10-11H,5-9,12H2,1-4H3. The molecule has 0 fully saturated rings. The van der Waals surface area contributed by atoms with E-state index >= 15 is 0 Å². The minimum Gasteiger partial charge on any atom is -0.493 e. The fraction of sp³-hybridized carbons (Fsp3) is 0.500. The number of nitrogens with zero attached hydrogens (tertiary/aromatic N) is 2. The van der Waals surface area contributed by atoms with Crippen molar-refractivity contribution in [2.24, 2.45) is 0 Å². The molecular weight excluding hydrogens is 348 g/mol. The Morgan fingerprint density at radius 2 is 1.92 bits per heavy atom. The molecule has 0 atom stereocenters. The van der Waals surface area contributed by atoms with Crippen LogP contribution in [0, 0.1) is 6.92 Å². The van der Waals surface area contributed by atoms with Crippen molar-refractivity contribution in [3.63, 3.8) is 0 Å². The average Bonchev–Trinajstić information content (AvgIpc) is 3.04. The summed E-state index contributed by atoms with van der Waals surface area (Å²) in [5.74, 6) is 1.53. The van der Waals surface area contributed by atoms with Gasteiger partial charge in [-0.15, -0.1) is 11.3 Å². The van der Waals surface area contributed by atoms with Gasteiger partial charge in [-0.1, -0.05) is 13.3 Å². The number of hydrogen-bond acceptors (Lipinski definition) is 5. The van der Waals surface area contributed by atoms with Gasteiger partial charge < -0.3 is 14.4 Å². The van der Waals surface area contributed by atoms with Crippen molar-refractivity contribution >= 4 is 17.2 Å². The Labute approximate surface area is 159 Å². The quantitative estimate of drug-likeness (QED) is 0.767. The molecule has 3 rings (SSSR count). The van der Waals surface area contributed by atoms with Crippen molar-refractivity contribution in [3.05, 3.63) is 38.8 Å². The van der Waals surface area contributed by atoms with Gasteiger partial charge in [0.05, 0.1) is 24.9 Å². The summed E-state index contributed by atoms with van der Waals surface area (Å²) in [7, 11) is 3.28. The predicted molar refractivity (Wildman–Crippen MR) is 103 cm³/mol. The highest BCUT2D eigenvalue weighted by Gasteiger charge is 2.26. The second-order valence-electron chi connectivity index (χ2n) is 6.58. The fourth-order valence-electron chi connectivity index (χ4n) is 3.29. The van der Waals surface area contributed by atoms with E-state index in [2.05, 4.69) is 11.9 Å². The van der Waals surface area contributed by atoms with Crippen molar-refractivity contribution in [1.29, 1.82) is 0 Å². The largest absolute Gasteiger partial charge is 0.493 e. The van der Waals surface area contributed by atoms with Gasteiger partial charge in [0.25, 0.3) is 5.91 Å². The second-order valence-corrected chi connectivity index (χ2v) is 7.66. The Kier molecular flexibility index (Phi) is 5.81. The summed E-state index contributed by atoms with van der Waals surface area (Å²) in [4.78, 5) is 20.3. The van der Waals surface area contributed by atoms with Crippen molar-refractivity contribution in [2.75, 3.05) is 20.8 Å². The maximum Gasteiger partial charge on any atom is 0.266 e. The van der Waals surface area contributed by atoms with Crippen LogP contribution >= 0.6 is 11.3 Å². The van der Waals surface area contributed by atoms with Crippen LogP contribution in [0.15, 0.2) is 12.1 Å². The first kappa shape index (κ1) is 18.7. The summed E-state index contributed by atoms with van der Waals surface area (Å²) in [6.45, 7) is 5.41. The van der Waals surface area contributed by atoms with Gasteiger partial charge in [0.1, 0.15) is 4.88 Å². The average molecular weight is 375 g/mol. The molecule has 1 aliphatic rings. The minimum atomic E-state index is 0.0863. The monoisotopic (exact) mass is 374 g/mol. The Morgan fingerprint density at radius 3 is 2.58 bits per heavy atom. The molecule has 5 nitrogen and oxygen atoms in total. The van der Waals surface area contributed by atoms with E-state index in [1.165, 1.54) is 5.56 Å². The van der Waals surface area contributed by atoms with E-state index in [9.17, 15) is 4.79 Å². The molecule has 1 aromatic heterocycles. The van der Waals surface area contributed by atoms with E-state index in [0.717, 1.165) is 52.6 Å². The number of ether oxygens (including phenoxy) is 2. The zero-order valence-corrected chi connectivity index (χ0v) is 16.7. The lowest BCUT2D eigenvalue weighted by Crippen LogP contribution is -2.35. The molecule has 6 heteroatoms. The Bertz CT molecular complexity index is 801. The van der Waals surface area contributed by atoms with E-state index in [1.807, 2.05) is 24.0 Å². The number of rotatable bonds is 6. The zero-order valence-electron chi connectivity index (χ0n) is 15.9. The molecule has 0 N–H and O–H groups in total. The number of fused-ring (bicyclic) bond motifs is 1. The molecule has 1 aliphatic heterocycles. The molecule has 0 spiro atoms. The SMILES string of the molecule is CCCCc1nc(C)c(C(=O)N2CCc3cc(OC)c(OC)cc3C2)s1. The Hall–Kier alpha value is -2.08. The predicted octanol–water partition coefficient (Wildman–Crippen LogP) is 4.01. The Morgan fingerprint density at radius 1 is 1.23 bits per heavy atom. The first-order valence-electron chi connectivity index (χ1n) is 9.06. The molecule has 140 valence electrons. The van der Waals surface area contributed by atoms with Crippen LogP contribution in [0.2, 0.25) is 0 Å². The van der Waals surface area contributed by atoms with Crippen LogP contribution in [0.4, 0.5) is 0 Å². The first-order valence-corrected chi connectivity index (χ1v) is 9.88. The Balaban J connectivity index is 1.80. The van der Waals surface area contributed by atoms with Gasteiger partial charge in [-0.3, -0.25) is 4.79 Å². The van der Waals surface area contributed by atoms with Crippen LogP contribution in [0.3, 0.4) is 0 Å². The number of methoxy groups -OCH3 is 2. The lowest BCUT2D eigenvalue weighted by atomic mass is 9.98. The van der Waals surface area contributed by atoms with Crippen molar-refractivity contribution < 1.29 is 14.3 Å². The summed E-state index contributed by atoms with van der Waals surface area (Å²) < 4.78 is 10.8. The number of benzene rings is 1. The molecular formula is C20H26N2O3S. The number of carbonyl (C=O) groups excluding carboxylic acids is 1. The molecule has 0 saturated carbocycles. The number of unbranched alkanes of at least 4 members (excludes halogenated alkanes) is 1. The highest BCUT2D eigenvalue weighted by Crippen LogP contribution is 2.34.